The average molecular weight is 482 g/mol. The Balaban J connectivity index is 1.83. The molecule has 0 spiro atoms. The van der Waals surface area contributed by atoms with Crippen molar-refractivity contribution in [1.29, 1.82) is 0 Å². The summed E-state index contributed by atoms with van der Waals surface area (Å²) in [6.45, 7) is 2.24. The lowest BCUT2D eigenvalue weighted by Gasteiger charge is -2.31. The highest BCUT2D eigenvalue weighted by Gasteiger charge is 2.30. The van der Waals surface area contributed by atoms with Crippen molar-refractivity contribution in [3.8, 4) is 0 Å². The van der Waals surface area contributed by atoms with Crippen LogP contribution in [0.1, 0.15) is 50.2 Å². The van der Waals surface area contributed by atoms with E-state index in [0.29, 0.717) is 33.6 Å². The molecule has 166 valence electrons. The molecule has 1 saturated carbocycles. The smallest absolute Gasteiger partial charge is 0.243 e. The number of nitrogens with zero attached hydrogens (tertiary/aromatic N) is 1. The molecule has 4 nitrogen and oxygen atoms in total. The Morgan fingerprint density at radius 3 is 2.29 bits per heavy atom. The number of nitrogens with one attached hydrogen (secondary N) is 1. The Morgan fingerprint density at radius 1 is 1.03 bits per heavy atom. The topological polar surface area (TPSA) is 49.4 Å². The average Bonchev–Trinajstić information content (AvgIpc) is 3.24. The SMILES string of the molecule is CC[C@@H](C(=O)NC1CCCC1)N(Cc1ccc(Cl)cc1)C(=O)Cc1ccc(Cl)cc1Cl. The third-order valence-corrected chi connectivity index (χ3v) is 6.55. The molecule has 0 radical (unpaired) electrons. The second-order valence-electron chi connectivity index (χ2n) is 7.97. The van der Waals surface area contributed by atoms with Gasteiger partial charge in [0.2, 0.25) is 11.8 Å². The second-order valence-corrected chi connectivity index (χ2v) is 9.25. The van der Waals surface area contributed by atoms with Crippen molar-refractivity contribution < 1.29 is 9.59 Å². The molecule has 0 bridgehead atoms. The molecule has 1 aliphatic carbocycles. The zero-order valence-corrected chi connectivity index (χ0v) is 19.8. The van der Waals surface area contributed by atoms with Gasteiger partial charge < -0.3 is 10.2 Å². The van der Waals surface area contributed by atoms with Gasteiger partial charge in [-0.1, -0.05) is 72.8 Å². The highest BCUT2D eigenvalue weighted by Crippen LogP contribution is 2.24. The summed E-state index contributed by atoms with van der Waals surface area (Å²) in [4.78, 5) is 28.2. The number of amides is 2. The molecule has 0 aromatic heterocycles. The highest BCUT2D eigenvalue weighted by molar-refractivity contribution is 6.35. The Labute approximate surface area is 198 Å². The lowest BCUT2D eigenvalue weighted by atomic mass is 10.1. The lowest BCUT2D eigenvalue weighted by molar-refractivity contribution is -0.141. The van der Waals surface area contributed by atoms with E-state index in [0.717, 1.165) is 31.2 Å². The van der Waals surface area contributed by atoms with Crippen LogP contribution in [-0.2, 0) is 22.6 Å². The summed E-state index contributed by atoms with van der Waals surface area (Å²) in [5, 5.41) is 4.73. The monoisotopic (exact) mass is 480 g/mol. The standard InChI is InChI=1S/C24H27Cl3N2O2/c1-2-22(24(31)28-20-5-3-4-6-20)29(15-16-7-10-18(25)11-8-16)23(30)13-17-9-12-19(26)14-21(17)27/h7-12,14,20,22H,2-6,13,15H2,1H3,(H,28,31)/t22-/m0/s1. The molecule has 0 heterocycles. The molecule has 3 rings (SSSR count). The van der Waals surface area contributed by atoms with E-state index >= 15 is 0 Å². The predicted molar refractivity (Wildman–Crippen MR) is 127 cm³/mol. The maximum Gasteiger partial charge on any atom is 0.243 e. The van der Waals surface area contributed by atoms with Crippen LogP contribution in [0.4, 0.5) is 0 Å². The summed E-state index contributed by atoms with van der Waals surface area (Å²) in [5.74, 6) is -0.258. The molecule has 1 N–H and O–H groups in total. The fraction of sp³-hybridized carbons (Fsp3) is 0.417. The van der Waals surface area contributed by atoms with Crippen LogP contribution < -0.4 is 5.32 Å². The van der Waals surface area contributed by atoms with Gasteiger partial charge in [-0.2, -0.15) is 0 Å². The molecular weight excluding hydrogens is 455 g/mol. The van der Waals surface area contributed by atoms with Crippen LogP contribution in [0.3, 0.4) is 0 Å². The largest absolute Gasteiger partial charge is 0.352 e. The second kappa shape index (κ2) is 11.2. The number of carbonyl (C=O) groups is 2. The summed E-state index contributed by atoms with van der Waals surface area (Å²) in [6.07, 6.45) is 4.86. The summed E-state index contributed by atoms with van der Waals surface area (Å²) < 4.78 is 0. The molecule has 1 atom stereocenters. The van der Waals surface area contributed by atoms with Crippen molar-refractivity contribution in [1.82, 2.24) is 10.2 Å². The van der Waals surface area contributed by atoms with Gasteiger partial charge in [-0.15, -0.1) is 0 Å². The van der Waals surface area contributed by atoms with Crippen LogP contribution >= 0.6 is 34.8 Å². The number of hydrogen-bond donors (Lipinski definition) is 1. The lowest BCUT2D eigenvalue weighted by Crippen LogP contribution is -2.51. The van der Waals surface area contributed by atoms with Gasteiger partial charge in [-0.05, 0) is 54.7 Å². The number of halogens is 3. The molecule has 1 aliphatic rings. The van der Waals surface area contributed by atoms with E-state index in [1.807, 2.05) is 19.1 Å². The van der Waals surface area contributed by atoms with Gasteiger partial charge in [0.25, 0.3) is 0 Å². The van der Waals surface area contributed by atoms with E-state index in [1.54, 1.807) is 35.2 Å². The minimum Gasteiger partial charge on any atom is -0.352 e. The minimum atomic E-state index is -0.560. The van der Waals surface area contributed by atoms with Crippen LogP contribution in [0.25, 0.3) is 0 Å². The van der Waals surface area contributed by atoms with Crippen LogP contribution in [0.5, 0.6) is 0 Å². The van der Waals surface area contributed by atoms with Gasteiger partial charge in [0, 0.05) is 27.7 Å². The van der Waals surface area contributed by atoms with E-state index in [2.05, 4.69) is 5.32 Å². The van der Waals surface area contributed by atoms with Crippen LogP contribution in [0.15, 0.2) is 42.5 Å². The number of carbonyl (C=O) groups excluding carboxylic acids is 2. The summed E-state index contributed by atoms with van der Waals surface area (Å²) in [5.41, 5.74) is 1.59. The summed E-state index contributed by atoms with van der Waals surface area (Å²) in [7, 11) is 0. The molecule has 2 amide bonds. The van der Waals surface area contributed by atoms with Crippen LogP contribution in [0.2, 0.25) is 15.1 Å². The first-order chi connectivity index (χ1) is 14.9. The molecule has 0 unspecified atom stereocenters. The van der Waals surface area contributed by atoms with E-state index < -0.39 is 6.04 Å². The Morgan fingerprint density at radius 2 is 1.68 bits per heavy atom. The Kier molecular flexibility index (Phi) is 8.65. The van der Waals surface area contributed by atoms with Gasteiger partial charge >= 0.3 is 0 Å². The third-order valence-electron chi connectivity index (χ3n) is 5.71. The van der Waals surface area contributed by atoms with Gasteiger partial charge in [0.1, 0.15) is 6.04 Å². The first-order valence-electron chi connectivity index (χ1n) is 10.7. The van der Waals surface area contributed by atoms with Gasteiger partial charge in [-0.3, -0.25) is 9.59 Å². The van der Waals surface area contributed by atoms with Crippen LogP contribution in [-0.4, -0.2) is 28.8 Å². The third kappa shape index (κ3) is 6.61. The summed E-state index contributed by atoms with van der Waals surface area (Å²) >= 11 is 18.3. The molecular formula is C24H27Cl3N2O2. The first kappa shape index (κ1) is 23.9. The fourth-order valence-corrected chi connectivity index (χ4v) is 4.60. The maximum absolute atomic E-state index is 13.4. The van der Waals surface area contributed by atoms with Gasteiger partial charge in [-0.25, -0.2) is 0 Å². The zero-order valence-electron chi connectivity index (χ0n) is 17.5. The zero-order chi connectivity index (χ0) is 22.4. The molecule has 7 heteroatoms. The van der Waals surface area contributed by atoms with E-state index in [4.69, 9.17) is 34.8 Å². The van der Waals surface area contributed by atoms with E-state index in [-0.39, 0.29) is 24.3 Å². The quantitative estimate of drug-likeness (QED) is 0.498. The molecule has 1 fully saturated rings. The normalized spacial score (nSPS) is 15.0. The summed E-state index contributed by atoms with van der Waals surface area (Å²) in [6, 6.07) is 12.0. The molecule has 31 heavy (non-hydrogen) atoms. The molecule has 0 saturated heterocycles. The van der Waals surface area contributed by atoms with E-state index in [1.165, 1.54) is 0 Å². The van der Waals surface area contributed by atoms with Gasteiger partial charge in [0.15, 0.2) is 0 Å². The predicted octanol–water partition coefficient (Wildman–Crippen LogP) is 6.06. The van der Waals surface area contributed by atoms with Crippen molar-refractivity contribution >= 4 is 46.6 Å². The van der Waals surface area contributed by atoms with E-state index in [9.17, 15) is 9.59 Å². The van der Waals surface area contributed by atoms with Crippen molar-refractivity contribution in [2.24, 2.45) is 0 Å². The fourth-order valence-electron chi connectivity index (χ4n) is 4.00. The maximum atomic E-state index is 13.4. The van der Waals surface area contributed by atoms with Crippen molar-refractivity contribution in [2.45, 2.75) is 64.1 Å². The molecule has 2 aromatic rings. The molecule has 0 aliphatic heterocycles. The van der Waals surface area contributed by atoms with Crippen molar-refractivity contribution in [3.63, 3.8) is 0 Å². The number of hydrogen-bond acceptors (Lipinski definition) is 2. The number of rotatable bonds is 8. The molecule has 2 aromatic carbocycles. The number of benzene rings is 2. The Hall–Kier alpha value is -1.75. The Bertz CT molecular complexity index is 912. The highest BCUT2D eigenvalue weighted by atomic mass is 35.5. The van der Waals surface area contributed by atoms with Gasteiger partial charge in [0.05, 0.1) is 6.42 Å². The first-order valence-corrected chi connectivity index (χ1v) is 11.8. The van der Waals surface area contributed by atoms with Crippen molar-refractivity contribution in [3.05, 3.63) is 68.7 Å². The van der Waals surface area contributed by atoms with Crippen LogP contribution in [0, 0.1) is 0 Å². The minimum absolute atomic E-state index is 0.0940. The van der Waals surface area contributed by atoms with Crippen molar-refractivity contribution in [2.75, 3.05) is 0 Å².